The summed E-state index contributed by atoms with van der Waals surface area (Å²) < 4.78 is 4.78. The lowest BCUT2D eigenvalue weighted by atomic mass is 10.1. The SMILES string of the molecule is COC(=O)c1ccccc1N(CCNC(=O)Cc1ccccc1C)C(C)=O. The highest BCUT2D eigenvalue weighted by Gasteiger charge is 2.19. The van der Waals surface area contributed by atoms with Crippen LogP contribution in [0.2, 0.25) is 0 Å². The second kappa shape index (κ2) is 9.52. The maximum absolute atomic E-state index is 12.2. The molecule has 0 aliphatic carbocycles. The summed E-state index contributed by atoms with van der Waals surface area (Å²) in [5.74, 6) is -0.853. The van der Waals surface area contributed by atoms with Crippen molar-refractivity contribution in [1.29, 1.82) is 0 Å². The Morgan fingerprint density at radius 1 is 1.04 bits per heavy atom. The molecule has 0 radical (unpaired) electrons. The Balaban J connectivity index is 2.02. The Kier molecular flexibility index (Phi) is 7.11. The number of aryl methyl sites for hydroxylation is 1. The maximum Gasteiger partial charge on any atom is 0.339 e. The third kappa shape index (κ3) is 5.41. The van der Waals surface area contributed by atoms with Crippen molar-refractivity contribution in [3.63, 3.8) is 0 Å². The van der Waals surface area contributed by atoms with Crippen LogP contribution in [0.15, 0.2) is 48.5 Å². The smallest absolute Gasteiger partial charge is 0.339 e. The number of carbonyl (C=O) groups excluding carboxylic acids is 3. The number of rotatable bonds is 7. The lowest BCUT2D eigenvalue weighted by Crippen LogP contribution is -2.38. The molecule has 0 saturated carbocycles. The fraction of sp³-hybridized carbons (Fsp3) is 0.286. The molecule has 27 heavy (non-hydrogen) atoms. The van der Waals surface area contributed by atoms with E-state index in [-0.39, 0.29) is 31.3 Å². The van der Waals surface area contributed by atoms with E-state index in [1.807, 2.05) is 31.2 Å². The van der Waals surface area contributed by atoms with Crippen molar-refractivity contribution < 1.29 is 19.1 Å². The number of para-hydroxylation sites is 1. The second-order valence-electron chi connectivity index (χ2n) is 6.13. The number of hydrogen-bond donors (Lipinski definition) is 1. The number of nitrogens with one attached hydrogen (secondary N) is 1. The Morgan fingerprint density at radius 3 is 2.37 bits per heavy atom. The third-order valence-corrected chi connectivity index (χ3v) is 4.25. The highest BCUT2D eigenvalue weighted by molar-refractivity contribution is 6.01. The molecule has 0 bridgehead atoms. The first kappa shape index (κ1) is 20.2. The van der Waals surface area contributed by atoms with Gasteiger partial charge < -0.3 is 15.0 Å². The van der Waals surface area contributed by atoms with Crippen molar-refractivity contribution in [3.8, 4) is 0 Å². The lowest BCUT2D eigenvalue weighted by Gasteiger charge is -2.23. The molecule has 2 rings (SSSR count). The molecule has 2 aromatic carbocycles. The number of esters is 1. The van der Waals surface area contributed by atoms with Crippen LogP contribution < -0.4 is 10.2 Å². The van der Waals surface area contributed by atoms with Crippen LogP contribution in [0.25, 0.3) is 0 Å². The van der Waals surface area contributed by atoms with Gasteiger partial charge in [-0.15, -0.1) is 0 Å². The monoisotopic (exact) mass is 368 g/mol. The van der Waals surface area contributed by atoms with Crippen LogP contribution in [-0.4, -0.2) is 38.0 Å². The molecule has 2 amide bonds. The minimum absolute atomic E-state index is 0.117. The summed E-state index contributed by atoms with van der Waals surface area (Å²) >= 11 is 0. The topological polar surface area (TPSA) is 75.7 Å². The second-order valence-corrected chi connectivity index (χ2v) is 6.13. The zero-order valence-electron chi connectivity index (χ0n) is 15.8. The summed E-state index contributed by atoms with van der Waals surface area (Å²) in [6.07, 6.45) is 0.283. The van der Waals surface area contributed by atoms with Gasteiger partial charge in [-0.1, -0.05) is 36.4 Å². The normalized spacial score (nSPS) is 10.2. The number of anilines is 1. The fourth-order valence-corrected chi connectivity index (χ4v) is 2.79. The molecule has 0 saturated heterocycles. The number of ether oxygens (including phenoxy) is 1. The summed E-state index contributed by atoms with van der Waals surface area (Å²) in [7, 11) is 1.29. The molecule has 6 heteroatoms. The number of methoxy groups -OCH3 is 1. The van der Waals surface area contributed by atoms with Crippen molar-refractivity contribution in [2.75, 3.05) is 25.1 Å². The zero-order chi connectivity index (χ0) is 19.8. The van der Waals surface area contributed by atoms with Gasteiger partial charge in [0.15, 0.2) is 0 Å². The predicted octanol–water partition coefficient (Wildman–Crippen LogP) is 2.49. The van der Waals surface area contributed by atoms with Crippen molar-refractivity contribution in [3.05, 3.63) is 65.2 Å². The van der Waals surface area contributed by atoms with Crippen LogP contribution in [0.5, 0.6) is 0 Å². The zero-order valence-corrected chi connectivity index (χ0v) is 15.8. The molecule has 0 heterocycles. The van der Waals surface area contributed by atoms with E-state index in [9.17, 15) is 14.4 Å². The summed E-state index contributed by atoms with van der Waals surface area (Å²) in [4.78, 5) is 37.7. The molecule has 0 aliphatic rings. The van der Waals surface area contributed by atoms with Crippen LogP contribution in [0.3, 0.4) is 0 Å². The predicted molar refractivity (Wildman–Crippen MR) is 104 cm³/mol. The Hall–Kier alpha value is -3.15. The number of hydrogen-bond acceptors (Lipinski definition) is 4. The summed E-state index contributed by atoms with van der Waals surface area (Å²) in [5, 5.41) is 2.83. The van der Waals surface area contributed by atoms with Crippen LogP contribution >= 0.6 is 0 Å². The van der Waals surface area contributed by atoms with Gasteiger partial charge in [-0.3, -0.25) is 9.59 Å². The minimum atomic E-state index is -0.513. The van der Waals surface area contributed by atoms with E-state index in [1.165, 1.54) is 18.9 Å². The summed E-state index contributed by atoms with van der Waals surface area (Å²) in [6, 6.07) is 14.5. The van der Waals surface area contributed by atoms with Gasteiger partial charge in [0.1, 0.15) is 0 Å². The quantitative estimate of drug-likeness (QED) is 0.762. The Labute approximate surface area is 159 Å². The minimum Gasteiger partial charge on any atom is -0.465 e. The van der Waals surface area contributed by atoms with Gasteiger partial charge in [0.05, 0.1) is 24.8 Å². The molecule has 2 aromatic rings. The van der Waals surface area contributed by atoms with Gasteiger partial charge in [0.25, 0.3) is 0 Å². The van der Waals surface area contributed by atoms with E-state index < -0.39 is 5.97 Å². The van der Waals surface area contributed by atoms with E-state index >= 15 is 0 Å². The number of carbonyl (C=O) groups is 3. The first-order valence-electron chi connectivity index (χ1n) is 8.70. The molecule has 6 nitrogen and oxygen atoms in total. The van der Waals surface area contributed by atoms with Crippen LogP contribution in [0.4, 0.5) is 5.69 Å². The number of benzene rings is 2. The van der Waals surface area contributed by atoms with Gasteiger partial charge in [-0.2, -0.15) is 0 Å². The van der Waals surface area contributed by atoms with Crippen molar-refractivity contribution in [2.45, 2.75) is 20.3 Å². The average molecular weight is 368 g/mol. The number of nitrogens with zero attached hydrogens (tertiary/aromatic N) is 1. The Bertz CT molecular complexity index is 832. The molecule has 0 fully saturated rings. The van der Waals surface area contributed by atoms with Crippen LogP contribution in [0, 0.1) is 6.92 Å². The molecular formula is C21H24N2O4. The average Bonchev–Trinajstić information content (AvgIpc) is 2.66. The van der Waals surface area contributed by atoms with Gasteiger partial charge in [0, 0.05) is 20.0 Å². The molecule has 0 unspecified atom stereocenters. The standard InChI is InChI=1S/C21H24N2O4/c1-15-8-4-5-9-17(15)14-20(25)22-12-13-23(16(2)24)19-11-7-6-10-18(19)21(26)27-3/h4-11H,12-14H2,1-3H3,(H,22,25). The highest BCUT2D eigenvalue weighted by Crippen LogP contribution is 2.21. The summed E-state index contributed by atoms with van der Waals surface area (Å²) in [6.45, 7) is 3.91. The van der Waals surface area contributed by atoms with E-state index in [0.29, 0.717) is 11.3 Å². The van der Waals surface area contributed by atoms with E-state index in [4.69, 9.17) is 4.74 Å². The molecule has 142 valence electrons. The largest absolute Gasteiger partial charge is 0.465 e. The molecule has 0 spiro atoms. The third-order valence-electron chi connectivity index (χ3n) is 4.25. The van der Waals surface area contributed by atoms with Crippen molar-refractivity contribution in [2.24, 2.45) is 0 Å². The summed E-state index contributed by atoms with van der Waals surface area (Å²) in [5.41, 5.74) is 2.80. The molecule has 0 aliphatic heterocycles. The van der Waals surface area contributed by atoms with Crippen molar-refractivity contribution >= 4 is 23.5 Å². The maximum atomic E-state index is 12.2. The van der Waals surface area contributed by atoms with E-state index in [2.05, 4.69) is 5.32 Å². The fourth-order valence-electron chi connectivity index (χ4n) is 2.79. The van der Waals surface area contributed by atoms with Gasteiger partial charge in [-0.25, -0.2) is 4.79 Å². The molecule has 0 atom stereocenters. The van der Waals surface area contributed by atoms with E-state index in [1.54, 1.807) is 24.3 Å². The van der Waals surface area contributed by atoms with Gasteiger partial charge in [-0.05, 0) is 30.2 Å². The lowest BCUT2D eigenvalue weighted by molar-refractivity contribution is -0.121. The van der Waals surface area contributed by atoms with Gasteiger partial charge >= 0.3 is 5.97 Å². The van der Waals surface area contributed by atoms with E-state index in [0.717, 1.165) is 11.1 Å². The van der Waals surface area contributed by atoms with Crippen LogP contribution in [0.1, 0.15) is 28.4 Å². The highest BCUT2D eigenvalue weighted by atomic mass is 16.5. The van der Waals surface area contributed by atoms with Crippen molar-refractivity contribution in [1.82, 2.24) is 5.32 Å². The first-order valence-corrected chi connectivity index (χ1v) is 8.70. The molecule has 0 aromatic heterocycles. The Morgan fingerprint density at radius 2 is 1.70 bits per heavy atom. The number of amides is 2. The van der Waals surface area contributed by atoms with Gasteiger partial charge in [0.2, 0.25) is 11.8 Å². The van der Waals surface area contributed by atoms with Crippen LogP contribution in [-0.2, 0) is 20.7 Å². The molecule has 1 N–H and O–H groups in total. The molecular weight excluding hydrogens is 344 g/mol. The first-order chi connectivity index (χ1) is 12.9.